The number of fused-ring (bicyclic) bond motifs is 1. The summed E-state index contributed by atoms with van der Waals surface area (Å²) in [6.07, 6.45) is 2.49. The van der Waals surface area contributed by atoms with Crippen LogP contribution in [-0.2, 0) is 0 Å². The van der Waals surface area contributed by atoms with Gasteiger partial charge in [0.2, 0.25) is 5.28 Å². The second kappa shape index (κ2) is 4.67. The summed E-state index contributed by atoms with van der Waals surface area (Å²) in [6.45, 7) is 4.63. The van der Waals surface area contributed by atoms with Crippen LogP contribution < -0.4 is 5.32 Å². The molecule has 0 aromatic carbocycles. The molecule has 1 aliphatic rings. The topological polar surface area (TPSA) is 37.8 Å². The van der Waals surface area contributed by atoms with Crippen LogP contribution in [0.15, 0.2) is 11.4 Å². The largest absolute Gasteiger partial charge is 0.366 e. The van der Waals surface area contributed by atoms with E-state index in [0.717, 1.165) is 22.0 Å². The molecule has 1 N–H and O–H groups in total. The van der Waals surface area contributed by atoms with Gasteiger partial charge in [-0.2, -0.15) is 4.98 Å². The molecule has 3 rings (SSSR count). The molecule has 1 saturated carbocycles. The molecule has 0 bridgehead atoms. The fraction of sp³-hybridized carbons (Fsp3) is 0.538. The van der Waals surface area contributed by atoms with E-state index in [1.54, 1.807) is 11.3 Å². The average Bonchev–Trinajstić information content (AvgIpc) is 2.90. The van der Waals surface area contributed by atoms with Crippen LogP contribution in [-0.4, -0.2) is 16.0 Å². The van der Waals surface area contributed by atoms with E-state index in [2.05, 4.69) is 29.1 Å². The molecule has 1 fully saturated rings. The number of halogens is 1. The molecule has 2 aromatic rings. The normalized spacial score (nSPS) is 27.8. The molecule has 0 aliphatic heterocycles. The van der Waals surface area contributed by atoms with Crippen molar-refractivity contribution >= 4 is 39.0 Å². The predicted octanol–water partition coefficient (Wildman–Crippen LogP) is 4.19. The molecule has 0 spiro atoms. The quantitative estimate of drug-likeness (QED) is 0.839. The molecule has 18 heavy (non-hydrogen) atoms. The minimum Gasteiger partial charge on any atom is -0.366 e. The summed E-state index contributed by atoms with van der Waals surface area (Å²) in [4.78, 5) is 8.58. The first-order chi connectivity index (χ1) is 8.65. The van der Waals surface area contributed by atoms with Crippen molar-refractivity contribution in [2.45, 2.75) is 32.7 Å². The SMILES string of the molecule is CC1CCC(Nc2nc(Cl)nc3ccsc23)C1C. The van der Waals surface area contributed by atoms with E-state index in [-0.39, 0.29) is 0 Å². The van der Waals surface area contributed by atoms with E-state index < -0.39 is 0 Å². The Balaban J connectivity index is 1.92. The van der Waals surface area contributed by atoms with Crippen LogP contribution >= 0.6 is 22.9 Å². The van der Waals surface area contributed by atoms with E-state index in [9.17, 15) is 0 Å². The third kappa shape index (κ3) is 2.08. The number of thiophene rings is 1. The lowest BCUT2D eigenvalue weighted by Crippen LogP contribution is -2.24. The maximum absolute atomic E-state index is 5.97. The van der Waals surface area contributed by atoms with Gasteiger partial charge in [-0.05, 0) is 47.7 Å². The van der Waals surface area contributed by atoms with Gasteiger partial charge in [-0.1, -0.05) is 13.8 Å². The number of aromatic nitrogens is 2. The summed E-state index contributed by atoms with van der Waals surface area (Å²) in [5.41, 5.74) is 0.932. The summed E-state index contributed by atoms with van der Waals surface area (Å²) < 4.78 is 1.10. The van der Waals surface area contributed by atoms with Gasteiger partial charge in [0.05, 0.1) is 10.2 Å². The lowest BCUT2D eigenvalue weighted by molar-refractivity contribution is 0.435. The van der Waals surface area contributed by atoms with E-state index >= 15 is 0 Å². The van der Waals surface area contributed by atoms with Gasteiger partial charge in [-0.25, -0.2) is 4.98 Å². The van der Waals surface area contributed by atoms with E-state index in [1.165, 1.54) is 12.8 Å². The molecule has 96 valence electrons. The minimum atomic E-state index is 0.321. The summed E-state index contributed by atoms with van der Waals surface area (Å²) >= 11 is 7.64. The first-order valence-electron chi connectivity index (χ1n) is 6.32. The first kappa shape index (κ1) is 12.2. The van der Waals surface area contributed by atoms with Gasteiger partial charge in [0, 0.05) is 6.04 Å². The summed E-state index contributed by atoms with van der Waals surface area (Å²) in [7, 11) is 0. The second-order valence-electron chi connectivity index (χ2n) is 5.14. The van der Waals surface area contributed by atoms with Gasteiger partial charge in [0.1, 0.15) is 5.82 Å². The minimum absolute atomic E-state index is 0.321. The molecule has 2 heterocycles. The number of rotatable bonds is 2. The van der Waals surface area contributed by atoms with E-state index in [0.29, 0.717) is 17.2 Å². The molecule has 0 radical (unpaired) electrons. The second-order valence-corrected chi connectivity index (χ2v) is 6.39. The van der Waals surface area contributed by atoms with Gasteiger partial charge < -0.3 is 5.32 Å². The monoisotopic (exact) mass is 281 g/mol. The van der Waals surface area contributed by atoms with Crippen LogP contribution in [0.3, 0.4) is 0 Å². The Labute approximate surface area is 116 Å². The molecule has 3 unspecified atom stereocenters. The van der Waals surface area contributed by atoms with E-state index in [4.69, 9.17) is 11.6 Å². The molecular formula is C13H16ClN3S. The van der Waals surface area contributed by atoms with E-state index in [1.807, 2.05) is 11.4 Å². The molecule has 1 aliphatic carbocycles. The third-order valence-electron chi connectivity index (χ3n) is 4.06. The van der Waals surface area contributed by atoms with Crippen LogP contribution in [0.1, 0.15) is 26.7 Å². The van der Waals surface area contributed by atoms with Crippen molar-refractivity contribution in [3.8, 4) is 0 Å². The summed E-state index contributed by atoms with van der Waals surface area (Å²) in [6, 6.07) is 2.48. The van der Waals surface area contributed by atoms with Gasteiger partial charge >= 0.3 is 0 Å². The fourth-order valence-electron chi connectivity index (χ4n) is 2.68. The number of nitrogens with one attached hydrogen (secondary N) is 1. The lowest BCUT2D eigenvalue weighted by Gasteiger charge is -2.20. The van der Waals surface area contributed by atoms with Crippen LogP contribution in [0.25, 0.3) is 10.2 Å². The van der Waals surface area contributed by atoms with Crippen molar-refractivity contribution < 1.29 is 0 Å². The Bertz CT molecular complexity index is 568. The molecule has 2 aromatic heterocycles. The van der Waals surface area contributed by atoms with Crippen LogP contribution in [0.2, 0.25) is 5.28 Å². The highest BCUT2D eigenvalue weighted by Crippen LogP contribution is 2.35. The summed E-state index contributed by atoms with van der Waals surface area (Å²) in [5, 5.41) is 5.92. The summed E-state index contributed by atoms with van der Waals surface area (Å²) in [5.74, 6) is 2.35. The Morgan fingerprint density at radius 1 is 1.33 bits per heavy atom. The Morgan fingerprint density at radius 2 is 2.17 bits per heavy atom. The van der Waals surface area contributed by atoms with Crippen LogP contribution in [0, 0.1) is 11.8 Å². The zero-order valence-electron chi connectivity index (χ0n) is 10.5. The average molecular weight is 282 g/mol. The van der Waals surface area contributed by atoms with Crippen molar-refractivity contribution in [3.63, 3.8) is 0 Å². The molecule has 0 amide bonds. The lowest BCUT2D eigenvalue weighted by atomic mass is 9.98. The predicted molar refractivity (Wildman–Crippen MR) is 77.4 cm³/mol. The zero-order chi connectivity index (χ0) is 12.7. The molecule has 3 nitrogen and oxygen atoms in total. The number of hydrogen-bond donors (Lipinski definition) is 1. The zero-order valence-corrected chi connectivity index (χ0v) is 12.1. The first-order valence-corrected chi connectivity index (χ1v) is 7.58. The highest BCUT2D eigenvalue weighted by atomic mass is 35.5. The van der Waals surface area contributed by atoms with Gasteiger partial charge in [0.25, 0.3) is 0 Å². The molecule has 3 atom stereocenters. The standard InChI is InChI=1S/C13H16ClN3S/c1-7-3-4-9(8(7)2)15-12-11-10(5-6-18-11)16-13(14)17-12/h5-9H,3-4H2,1-2H3,(H,15,16,17). The van der Waals surface area contributed by atoms with Crippen molar-refractivity contribution in [2.75, 3.05) is 5.32 Å². The molecule has 0 saturated heterocycles. The van der Waals surface area contributed by atoms with Gasteiger partial charge in [-0.3, -0.25) is 0 Å². The smallest absolute Gasteiger partial charge is 0.224 e. The Hall–Kier alpha value is -0.870. The van der Waals surface area contributed by atoms with Crippen molar-refractivity contribution in [1.29, 1.82) is 0 Å². The maximum atomic E-state index is 5.97. The van der Waals surface area contributed by atoms with Crippen LogP contribution in [0.5, 0.6) is 0 Å². The van der Waals surface area contributed by atoms with Crippen LogP contribution in [0.4, 0.5) is 5.82 Å². The van der Waals surface area contributed by atoms with Gasteiger partial charge in [-0.15, -0.1) is 11.3 Å². The van der Waals surface area contributed by atoms with Crippen molar-refractivity contribution in [2.24, 2.45) is 11.8 Å². The third-order valence-corrected chi connectivity index (χ3v) is 5.14. The Kier molecular flexibility index (Phi) is 3.16. The highest BCUT2D eigenvalue weighted by Gasteiger charge is 2.30. The number of anilines is 1. The molecular weight excluding hydrogens is 266 g/mol. The Morgan fingerprint density at radius 3 is 2.89 bits per heavy atom. The number of nitrogens with zero attached hydrogens (tertiary/aromatic N) is 2. The fourth-order valence-corrected chi connectivity index (χ4v) is 3.64. The number of hydrogen-bond acceptors (Lipinski definition) is 4. The van der Waals surface area contributed by atoms with Crippen molar-refractivity contribution in [1.82, 2.24) is 9.97 Å². The highest BCUT2D eigenvalue weighted by molar-refractivity contribution is 7.17. The van der Waals surface area contributed by atoms with Gasteiger partial charge in [0.15, 0.2) is 0 Å². The maximum Gasteiger partial charge on any atom is 0.224 e. The molecule has 5 heteroatoms. The van der Waals surface area contributed by atoms with Crippen molar-refractivity contribution in [3.05, 3.63) is 16.7 Å².